The van der Waals surface area contributed by atoms with E-state index in [4.69, 9.17) is 0 Å². The lowest BCUT2D eigenvalue weighted by molar-refractivity contribution is 0.163. The van der Waals surface area contributed by atoms with Crippen molar-refractivity contribution in [2.24, 2.45) is 5.92 Å². The molecule has 22 heavy (non-hydrogen) atoms. The monoisotopic (exact) mass is 302 g/mol. The van der Waals surface area contributed by atoms with E-state index in [1.165, 1.54) is 6.07 Å². The van der Waals surface area contributed by atoms with Gasteiger partial charge in [0.15, 0.2) is 0 Å². The molecule has 0 spiro atoms. The normalized spacial score (nSPS) is 14.0. The molecule has 0 saturated heterocycles. The van der Waals surface area contributed by atoms with Gasteiger partial charge in [-0.3, -0.25) is 4.98 Å². The molecule has 2 unspecified atom stereocenters. The Morgan fingerprint density at radius 1 is 1.14 bits per heavy atom. The Hall–Kier alpha value is -1.78. The third kappa shape index (κ3) is 4.61. The molecule has 0 saturated carbocycles. The van der Waals surface area contributed by atoms with Crippen LogP contribution in [0.3, 0.4) is 0 Å². The average molecular weight is 302 g/mol. The summed E-state index contributed by atoms with van der Waals surface area (Å²) in [5.41, 5.74) is 1.26. The van der Waals surface area contributed by atoms with Gasteiger partial charge in [-0.15, -0.1) is 0 Å². The molecule has 1 heterocycles. The van der Waals surface area contributed by atoms with Crippen LogP contribution in [0.4, 0.5) is 4.39 Å². The number of hydrogen-bond acceptors (Lipinski definition) is 3. The van der Waals surface area contributed by atoms with Crippen molar-refractivity contribution in [2.75, 3.05) is 6.54 Å². The van der Waals surface area contributed by atoms with Crippen LogP contribution in [0.25, 0.3) is 0 Å². The van der Waals surface area contributed by atoms with Crippen molar-refractivity contribution in [1.29, 1.82) is 0 Å². The zero-order valence-electron chi connectivity index (χ0n) is 13.0. The zero-order chi connectivity index (χ0) is 15.9. The first kappa shape index (κ1) is 16.6. The predicted molar refractivity (Wildman–Crippen MR) is 85.8 cm³/mol. The molecule has 0 aliphatic rings. The van der Waals surface area contributed by atoms with Crippen LogP contribution < -0.4 is 5.32 Å². The minimum atomic E-state index is -0.875. The predicted octanol–water partition coefficient (Wildman–Crippen LogP) is 3.63. The highest BCUT2D eigenvalue weighted by molar-refractivity contribution is 5.20. The highest BCUT2D eigenvalue weighted by atomic mass is 19.1. The van der Waals surface area contributed by atoms with Gasteiger partial charge < -0.3 is 10.4 Å². The highest BCUT2D eigenvalue weighted by Crippen LogP contribution is 2.21. The maximum atomic E-state index is 13.7. The Kier molecular flexibility index (Phi) is 6.04. The molecule has 2 N–H and O–H groups in total. The Labute approximate surface area is 131 Å². The molecule has 0 aliphatic heterocycles. The number of aromatic nitrogens is 1. The third-order valence-electron chi connectivity index (χ3n) is 3.57. The van der Waals surface area contributed by atoms with Crippen LogP contribution in [-0.2, 0) is 0 Å². The second-order valence-electron chi connectivity index (χ2n) is 5.88. The Morgan fingerprint density at radius 2 is 1.86 bits per heavy atom. The number of pyridine rings is 1. The van der Waals surface area contributed by atoms with Gasteiger partial charge in [0.2, 0.25) is 0 Å². The fourth-order valence-corrected chi connectivity index (χ4v) is 2.47. The van der Waals surface area contributed by atoms with Crippen molar-refractivity contribution >= 4 is 0 Å². The summed E-state index contributed by atoms with van der Waals surface area (Å²) in [5.74, 6) is 0.111. The first-order valence-electron chi connectivity index (χ1n) is 7.64. The van der Waals surface area contributed by atoms with Crippen LogP contribution in [0, 0.1) is 11.7 Å². The smallest absolute Gasteiger partial charge is 0.129 e. The van der Waals surface area contributed by atoms with E-state index in [1.807, 2.05) is 18.2 Å². The second kappa shape index (κ2) is 8.01. The third-order valence-corrected chi connectivity index (χ3v) is 3.57. The van der Waals surface area contributed by atoms with E-state index in [-0.39, 0.29) is 18.4 Å². The first-order valence-corrected chi connectivity index (χ1v) is 7.64. The summed E-state index contributed by atoms with van der Waals surface area (Å²) in [6, 6.07) is 12.2. The molecular formula is C18H23FN2O. The number of halogens is 1. The van der Waals surface area contributed by atoms with Crippen molar-refractivity contribution < 1.29 is 9.50 Å². The second-order valence-corrected chi connectivity index (χ2v) is 5.88. The Balaban J connectivity index is 2.04. The summed E-state index contributed by atoms with van der Waals surface area (Å²) >= 11 is 0. The minimum absolute atomic E-state index is 0.0441. The quantitative estimate of drug-likeness (QED) is 0.821. The highest BCUT2D eigenvalue weighted by Gasteiger charge is 2.18. The number of hydrogen-bond donors (Lipinski definition) is 2. The molecule has 4 heteroatoms. The van der Waals surface area contributed by atoms with Crippen molar-refractivity contribution in [3.8, 4) is 0 Å². The van der Waals surface area contributed by atoms with Crippen molar-refractivity contribution in [3.63, 3.8) is 0 Å². The molecule has 2 atom stereocenters. The van der Waals surface area contributed by atoms with Gasteiger partial charge >= 0.3 is 0 Å². The first-order chi connectivity index (χ1) is 10.6. The number of aliphatic hydroxyl groups is 1. The lowest BCUT2D eigenvalue weighted by Crippen LogP contribution is -2.28. The number of benzene rings is 1. The summed E-state index contributed by atoms with van der Waals surface area (Å²) < 4.78 is 13.7. The summed E-state index contributed by atoms with van der Waals surface area (Å²) in [4.78, 5) is 4.38. The van der Waals surface area contributed by atoms with Gasteiger partial charge in [-0.05, 0) is 30.5 Å². The maximum Gasteiger partial charge on any atom is 0.129 e. The van der Waals surface area contributed by atoms with Crippen LogP contribution in [0.1, 0.15) is 43.7 Å². The van der Waals surface area contributed by atoms with E-state index in [2.05, 4.69) is 24.1 Å². The molecule has 2 aromatic rings. The summed E-state index contributed by atoms with van der Waals surface area (Å²) in [7, 11) is 0. The van der Waals surface area contributed by atoms with Gasteiger partial charge in [0.05, 0.1) is 11.8 Å². The molecule has 2 rings (SSSR count). The Morgan fingerprint density at radius 3 is 2.50 bits per heavy atom. The van der Waals surface area contributed by atoms with E-state index in [0.29, 0.717) is 11.5 Å². The Bertz CT molecular complexity index is 574. The lowest BCUT2D eigenvalue weighted by atomic mass is 10.00. The molecule has 1 aromatic heterocycles. The largest absolute Gasteiger partial charge is 0.387 e. The summed E-state index contributed by atoms with van der Waals surface area (Å²) in [6.07, 6.45) is 1.79. The van der Waals surface area contributed by atoms with E-state index < -0.39 is 6.10 Å². The molecule has 1 aromatic carbocycles. The molecule has 118 valence electrons. The van der Waals surface area contributed by atoms with Gasteiger partial charge in [-0.25, -0.2) is 4.39 Å². The van der Waals surface area contributed by atoms with E-state index >= 15 is 0 Å². The van der Waals surface area contributed by atoms with Gasteiger partial charge in [0.25, 0.3) is 0 Å². The van der Waals surface area contributed by atoms with Gasteiger partial charge in [-0.2, -0.15) is 0 Å². The number of nitrogens with one attached hydrogen (secondary N) is 1. The molecule has 0 bridgehead atoms. The van der Waals surface area contributed by atoms with Crippen LogP contribution in [0.5, 0.6) is 0 Å². The van der Waals surface area contributed by atoms with Gasteiger partial charge in [0, 0.05) is 24.3 Å². The number of rotatable bonds is 7. The van der Waals surface area contributed by atoms with Gasteiger partial charge in [-0.1, -0.05) is 38.1 Å². The topological polar surface area (TPSA) is 45.1 Å². The zero-order valence-corrected chi connectivity index (χ0v) is 13.0. The van der Waals surface area contributed by atoms with Crippen molar-refractivity contribution in [3.05, 3.63) is 65.7 Å². The van der Waals surface area contributed by atoms with E-state index in [9.17, 15) is 9.50 Å². The fraction of sp³-hybridized carbons (Fsp3) is 0.389. The molecule has 3 nitrogen and oxygen atoms in total. The van der Waals surface area contributed by atoms with Crippen LogP contribution in [0.2, 0.25) is 0 Å². The molecular weight excluding hydrogens is 279 g/mol. The summed E-state index contributed by atoms with van der Waals surface area (Å²) in [6.45, 7) is 4.57. The van der Waals surface area contributed by atoms with E-state index in [1.54, 1.807) is 24.4 Å². The summed E-state index contributed by atoms with van der Waals surface area (Å²) in [5, 5.41) is 13.5. The average Bonchev–Trinajstić information content (AvgIpc) is 2.52. The number of nitrogens with zero attached hydrogens (tertiary/aromatic N) is 1. The lowest BCUT2D eigenvalue weighted by Gasteiger charge is -2.22. The van der Waals surface area contributed by atoms with Crippen LogP contribution >= 0.6 is 0 Å². The molecule has 0 aliphatic carbocycles. The van der Waals surface area contributed by atoms with Crippen molar-refractivity contribution in [1.82, 2.24) is 10.3 Å². The van der Waals surface area contributed by atoms with Crippen LogP contribution in [-0.4, -0.2) is 16.6 Å². The SMILES string of the molecule is CC(C)CC(NCC(O)c1ccccc1F)c1ccccn1. The standard InChI is InChI=1S/C18H23FN2O/c1-13(2)11-17(16-9-5-6-10-20-16)21-12-18(22)14-7-3-4-8-15(14)19/h3-10,13,17-18,21-22H,11-12H2,1-2H3. The molecule has 0 fully saturated rings. The van der Waals surface area contributed by atoms with E-state index in [0.717, 1.165) is 12.1 Å². The van der Waals surface area contributed by atoms with Crippen LogP contribution in [0.15, 0.2) is 48.7 Å². The maximum absolute atomic E-state index is 13.7. The fourth-order valence-electron chi connectivity index (χ4n) is 2.47. The van der Waals surface area contributed by atoms with Gasteiger partial charge in [0.1, 0.15) is 5.82 Å². The molecule has 0 amide bonds. The number of aliphatic hydroxyl groups excluding tert-OH is 1. The minimum Gasteiger partial charge on any atom is -0.387 e. The van der Waals surface area contributed by atoms with Crippen molar-refractivity contribution in [2.45, 2.75) is 32.4 Å². The molecule has 0 radical (unpaired) electrons.